The molecule has 9 rings (SSSR count). The third kappa shape index (κ3) is 7.07. The van der Waals surface area contributed by atoms with Crippen LogP contribution < -0.4 is 19.7 Å². The molecule has 2 fully saturated rings. The number of amidine groups is 1. The lowest BCUT2D eigenvalue weighted by atomic mass is 9.73. The smallest absolute Gasteiger partial charge is 0.284 e. The number of aliphatic imine (C=N–C) groups is 2. The largest absolute Gasteiger partial charge is 0.492 e. The van der Waals surface area contributed by atoms with Crippen LogP contribution in [0.5, 0.6) is 11.5 Å². The number of nitrogens with one attached hydrogen (secondary N) is 3. The van der Waals surface area contributed by atoms with Crippen LogP contribution in [0.1, 0.15) is 93.8 Å². The number of fused-ring (bicyclic) bond motifs is 7. The molecule has 8 N–H and O–H groups in total. The van der Waals surface area contributed by atoms with E-state index in [2.05, 4.69) is 15.3 Å². The third-order valence-electron chi connectivity index (χ3n) is 12.8. The Balaban J connectivity index is 1.33. The zero-order valence-corrected chi connectivity index (χ0v) is 33.9. The molecule has 1 saturated carbocycles. The zero-order chi connectivity index (χ0) is 44.2. The van der Waals surface area contributed by atoms with Gasteiger partial charge < -0.3 is 49.3 Å². The highest BCUT2D eigenvalue weighted by Gasteiger charge is 2.62. The van der Waals surface area contributed by atoms with Gasteiger partial charge in [0.1, 0.15) is 42.5 Å². The fraction of sp³-hybridized carbons (Fsp3) is 0.400. The van der Waals surface area contributed by atoms with Crippen molar-refractivity contribution in [3.05, 3.63) is 100 Å². The van der Waals surface area contributed by atoms with Gasteiger partial charge in [-0.3, -0.25) is 25.1 Å². The van der Waals surface area contributed by atoms with Crippen molar-refractivity contribution < 1.29 is 68.6 Å². The van der Waals surface area contributed by atoms with E-state index < -0.39 is 84.9 Å². The molecule has 18 nitrogen and oxygen atoms in total. The van der Waals surface area contributed by atoms with Gasteiger partial charge in [-0.05, 0) is 43.9 Å². The monoisotopic (exact) mass is 864 g/mol. The minimum atomic E-state index is -2.50. The molecule has 18 heteroatoms. The number of ketones is 2. The molecule has 1 saturated heterocycles. The number of aliphatic hydroxyl groups excluding tert-OH is 4. The van der Waals surface area contributed by atoms with Crippen LogP contribution >= 0.6 is 0 Å². The van der Waals surface area contributed by atoms with Crippen molar-refractivity contribution in [3.8, 4) is 11.5 Å². The maximum atomic E-state index is 14.7. The molecule has 1 spiro atoms. The van der Waals surface area contributed by atoms with E-state index >= 15 is 0 Å². The highest BCUT2D eigenvalue weighted by atomic mass is 16.7. The van der Waals surface area contributed by atoms with E-state index in [1.165, 1.54) is 24.5 Å². The van der Waals surface area contributed by atoms with Gasteiger partial charge in [-0.25, -0.2) is 9.89 Å². The van der Waals surface area contributed by atoms with Crippen LogP contribution in [0.4, 0.5) is 5.69 Å². The van der Waals surface area contributed by atoms with Gasteiger partial charge in [0.25, 0.3) is 11.7 Å². The lowest BCUT2D eigenvalue weighted by Gasteiger charge is -2.53. The van der Waals surface area contributed by atoms with Crippen molar-refractivity contribution in [1.82, 2.24) is 5.32 Å². The molecule has 4 heterocycles. The number of quaternary nitrogens is 1. The Labute approximate surface area is 360 Å². The molecule has 2 bridgehead atoms. The molecule has 3 aromatic carbocycles. The molecule has 4 aliphatic heterocycles. The summed E-state index contributed by atoms with van der Waals surface area (Å²) in [5.74, 6) is -3.58. The van der Waals surface area contributed by atoms with E-state index in [4.69, 9.17) is 24.4 Å². The predicted molar refractivity (Wildman–Crippen MR) is 220 cm³/mol. The van der Waals surface area contributed by atoms with Crippen LogP contribution in [0.3, 0.4) is 0 Å². The fourth-order valence-electron chi connectivity index (χ4n) is 9.68. The molecule has 1 unspecified atom stereocenters. The van der Waals surface area contributed by atoms with E-state index in [1.54, 1.807) is 42.5 Å². The van der Waals surface area contributed by atoms with Gasteiger partial charge in [-0.15, -0.1) is 0 Å². The van der Waals surface area contributed by atoms with Crippen LogP contribution in [-0.2, 0) is 19.1 Å². The number of nitrogens with zero attached hydrogens (tertiary/aromatic N) is 2. The lowest BCUT2D eigenvalue weighted by Crippen LogP contribution is -3.09. The number of rotatable bonds is 9. The summed E-state index contributed by atoms with van der Waals surface area (Å²) in [6.07, 6.45) is -2.63. The molecule has 6 aliphatic rings. The van der Waals surface area contributed by atoms with E-state index in [0.29, 0.717) is 48.1 Å². The van der Waals surface area contributed by atoms with E-state index in [1.807, 2.05) is 0 Å². The van der Waals surface area contributed by atoms with Crippen LogP contribution in [0.2, 0.25) is 0 Å². The molecule has 3 aromatic rings. The molecule has 0 radical (unpaired) electrons. The molecule has 2 aliphatic carbocycles. The number of allylic oxidation sites excluding steroid dienone is 1. The summed E-state index contributed by atoms with van der Waals surface area (Å²) >= 11 is 0. The number of amides is 1. The molecular formula is C45H46N5O13+. The minimum absolute atomic E-state index is 0.0176. The standard InChI is InChI=1S/C45H45N5O13/c46-43-48-40-32(41(58)49-43)47-22-50(40)30-11-5-4-8-25(30)24-13-19-61-44(14-6-1-7-15-44)39-35(56)38(57)45(59,16-18-52)42(63-39)62-36-28(24)20-29-31(37(36)60-21-23(53)12-17-51)34(55)27-10-3-2-9-26(27)33(29)54/h2-5,8-11,13,17,19-20,23-24,35,38-39,42,52-53,56-57,59H,1,6-7,12,14-16,18,21-22H2,(H2,46,49,58)/p+1/b19-13-/t23-,24+,35-,38-,39-,42+,45+/m1/s1. The van der Waals surface area contributed by atoms with Gasteiger partial charge in [-0.1, -0.05) is 48.9 Å². The van der Waals surface area contributed by atoms with Gasteiger partial charge in [0.15, 0.2) is 35.3 Å². The van der Waals surface area contributed by atoms with Crippen molar-refractivity contribution in [2.75, 3.05) is 19.9 Å². The highest BCUT2D eigenvalue weighted by molar-refractivity contribution is 6.68. The van der Waals surface area contributed by atoms with Crippen LogP contribution in [0, 0.1) is 5.41 Å². The summed E-state index contributed by atoms with van der Waals surface area (Å²) < 4.78 is 26.4. The first-order valence-corrected chi connectivity index (χ1v) is 20.9. The summed E-state index contributed by atoms with van der Waals surface area (Å²) in [5.41, 5.74) is -2.70. The molecule has 8 atom stereocenters. The van der Waals surface area contributed by atoms with Gasteiger partial charge >= 0.3 is 0 Å². The topological polar surface area (TPSA) is 271 Å². The average Bonchev–Trinajstić information content (AvgIpc) is 3.70. The number of ether oxygens (including phenoxy) is 4. The van der Waals surface area contributed by atoms with Crippen LogP contribution in [-0.4, -0.2) is 129 Å². The Morgan fingerprint density at radius 2 is 1.73 bits per heavy atom. The first kappa shape index (κ1) is 42.3. The summed E-state index contributed by atoms with van der Waals surface area (Å²) in [6.45, 7) is -1.24. The summed E-state index contributed by atoms with van der Waals surface area (Å²) in [7, 11) is 0. The number of carbonyl (C=O) groups is 4. The number of benzene rings is 3. The van der Waals surface area contributed by atoms with Crippen molar-refractivity contribution in [2.24, 2.45) is 9.98 Å². The second kappa shape index (κ2) is 16.6. The van der Waals surface area contributed by atoms with E-state index in [9.17, 15) is 44.7 Å². The molecule has 0 aromatic heterocycles. The molecule has 1 amide bonds. The van der Waals surface area contributed by atoms with Gasteiger partial charge in [0.2, 0.25) is 18.0 Å². The normalized spacial score (nSPS) is 29.2. The third-order valence-corrected chi connectivity index (χ3v) is 12.8. The van der Waals surface area contributed by atoms with Crippen LogP contribution in [0.15, 0.2) is 76.9 Å². The first-order chi connectivity index (χ1) is 30.4. The number of aldehydes is 1. The second-order valence-electron chi connectivity index (χ2n) is 16.6. The number of carbonyl (C=O) groups excluding carboxylic acids is 4. The Morgan fingerprint density at radius 3 is 2.48 bits per heavy atom. The first-order valence-electron chi connectivity index (χ1n) is 20.9. The van der Waals surface area contributed by atoms with Crippen molar-refractivity contribution >= 4 is 47.0 Å². The van der Waals surface area contributed by atoms with Gasteiger partial charge in [0, 0.05) is 53.2 Å². The maximum Gasteiger partial charge on any atom is 0.284 e. The zero-order valence-electron chi connectivity index (χ0n) is 33.9. The highest BCUT2D eigenvalue weighted by Crippen LogP contribution is 2.51. The second-order valence-corrected chi connectivity index (χ2v) is 16.6. The number of aliphatic hydroxyl groups is 5. The SMILES string of the molecule is N=C1N=C2C(=NC[NH+]2c2ccccc2[C@@H]2/C=C\OC3(CCCCC3)[C@@H]3O[C@H](Oc4c2cc2c(c4OC[C@H](O)CC=O)C(=O)c4ccccc4C2=O)[C@](O)(CCO)[C@H](O)[C@H]3O)C(=O)N1. The number of para-hydroxylation sites is 1. The maximum absolute atomic E-state index is 14.7. The predicted octanol–water partition coefficient (Wildman–Crippen LogP) is 0.500. The van der Waals surface area contributed by atoms with E-state index in [0.717, 1.165) is 6.42 Å². The Kier molecular flexibility index (Phi) is 11.2. The molecular weight excluding hydrogens is 819 g/mol. The minimum Gasteiger partial charge on any atom is -0.492 e. The average molecular weight is 865 g/mol. The van der Waals surface area contributed by atoms with E-state index in [-0.39, 0.29) is 69.9 Å². The summed E-state index contributed by atoms with van der Waals surface area (Å²) in [6, 6.07) is 14.8. The summed E-state index contributed by atoms with van der Waals surface area (Å²) in [5, 5.41) is 67.7. The lowest BCUT2D eigenvalue weighted by molar-refractivity contribution is -0.723. The Morgan fingerprint density at radius 1 is 1.00 bits per heavy atom. The van der Waals surface area contributed by atoms with Gasteiger partial charge in [-0.2, -0.15) is 4.99 Å². The molecule has 63 heavy (non-hydrogen) atoms. The molecule has 328 valence electrons. The van der Waals surface area contributed by atoms with Crippen molar-refractivity contribution in [1.29, 1.82) is 5.41 Å². The number of hydrogen-bond donors (Lipinski definition) is 8. The van der Waals surface area contributed by atoms with Crippen molar-refractivity contribution in [2.45, 2.75) is 92.8 Å². The number of guanidine groups is 1. The van der Waals surface area contributed by atoms with Crippen LogP contribution in [0.25, 0.3) is 0 Å². The Bertz CT molecular complexity index is 2500. The quantitative estimate of drug-likeness (QED) is 0.107. The summed E-state index contributed by atoms with van der Waals surface area (Å²) in [4.78, 5) is 63.0. The fourth-order valence-corrected chi connectivity index (χ4v) is 9.68. The Hall–Kier alpha value is -5.99. The van der Waals surface area contributed by atoms with Crippen molar-refractivity contribution in [3.63, 3.8) is 0 Å². The van der Waals surface area contributed by atoms with Gasteiger partial charge in [0.05, 0.1) is 17.9 Å². The number of hydrogen-bond acceptors (Lipinski definition) is 15.